The molecule has 0 saturated carbocycles. The highest BCUT2D eigenvalue weighted by molar-refractivity contribution is 6.17. The molecule has 3 rings (SSSR count). The number of aryl methyl sites for hydroxylation is 1. The Balaban J connectivity index is 2.18. The number of benzene rings is 1. The molecule has 0 aliphatic rings. The Labute approximate surface area is 121 Å². The van der Waals surface area contributed by atoms with Gasteiger partial charge in [-0.2, -0.15) is 0 Å². The van der Waals surface area contributed by atoms with Crippen molar-refractivity contribution in [3.8, 4) is 0 Å². The summed E-state index contributed by atoms with van der Waals surface area (Å²) in [4.78, 5) is 4.49. The fourth-order valence-electron chi connectivity index (χ4n) is 2.47. The lowest BCUT2D eigenvalue weighted by atomic mass is 10.2. The lowest BCUT2D eigenvalue weighted by Crippen LogP contribution is -2.10. The van der Waals surface area contributed by atoms with Crippen LogP contribution in [0, 0.1) is 5.82 Å². The Morgan fingerprint density at radius 3 is 2.95 bits per heavy atom. The van der Waals surface area contributed by atoms with Crippen molar-refractivity contribution in [2.75, 3.05) is 5.88 Å². The summed E-state index contributed by atoms with van der Waals surface area (Å²) in [5.41, 5.74) is 1.53. The number of fused-ring (bicyclic) bond motifs is 1. The predicted octanol–water partition coefficient (Wildman–Crippen LogP) is 4.16. The van der Waals surface area contributed by atoms with Gasteiger partial charge in [-0.25, -0.2) is 9.37 Å². The second-order valence-electron chi connectivity index (χ2n) is 4.66. The molecule has 0 spiro atoms. The first-order valence-electron chi connectivity index (χ1n) is 6.46. The molecule has 0 saturated heterocycles. The van der Waals surface area contributed by atoms with Gasteiger partial charge in [0.05, 0.1) is 23.3 Å². The second kappa shape index (κ2) is 5.29. The number of alkyl halides is 1. The van der Waals surface area contributed by atoms with Gasteiger partial charge in [0.15, 0.2) is 0 Å². The zero-order valence-electron chi connectivity index (χ0n) is 11.0. The van der Waals surface area contributed by atoms with Gasteiger partial charge in [0.1, 0.15) is 17.4 Å². The van der Waals surface area contributed by atoms with E-state index in [9.17, 15) is 4.39 Å². The fourth-order valence-corrected chi connectivity index (χ4v) is 2.64. The normalized spacial score (nSPS) is 12.9. The maximum atomic E-state index is 13.3. The van der Waals surface area contributed by atoms with Crippen LogP contribution < -0.4 is 0 Å². The SMILES string of the molecule is CC(c1ccco1)n1c(CCCl)nc2cc(F)ccc21. The third kappa shape index (κ3) is 2.20. The number of hydrogen-bond donors (Lipinski definition) is 0. The molecule has 0 radical (unpaired) electrons. The molecular formula is C15H14ClFN2O. The summed E-state index contributed by atoms with van der Waals surface area (Å²) >= 11 is 5.85. The zero-order chi connectivity index (χ0) is 14.1. The molecular weight excluding hydrogens is 279 g/mol. The lowest BCUT2D eigenvalue weighted by Gasteiger charge is -2.15. The van der Waals surface area contributed by atoms with Crippen LogP contribution in [-0.2, 0) is 6.42 Å². The molecule has 0 aliphatic heterocycles. The lowest BCUT2D eigenvalue weighted by molar-refractivity contribution is 0.445. The average Bonchev–Trinajstić information content (AvgIpc) is 3.05. The summed E-state index contributed by atoms with van der Waals surface area (Å²) in [6, 6.07) is 8.39. The van der Waals surface area contributed by atoms with Crippen molar-refractivity contribution < 1.29 is 8.81 Å². The predicted molar refractivity (Wildman–Crippen MR) is 76.6 cm³/mol. The molecule has 2 aromatic heterocycles. The fraction of sp³-hybridized carbons (Fsp3) is 0.267. The molecule has 0 amide bonds. The van der Waals surface area contributed by atoms with E-state index in [-0.39, 0.29) is 11.9 Å². The maximum Gasteiger partial charge on any atom is 0.126 e. The van der Waals surface area contributed by atoms with E-state index in [1.54, 1.807) is 12.3 Å². The highest BCUT2D eigenvalue weighted by atomic mass is 35.5. The van der Waals surface area contributed by atoms with Crippen molar-refractivity contribution in [3.63, 3.8) is 0 Å². The standard InChI is InChI=1S/C15H14ClFN2O/c1-10(14-3-2-8-20-14)19-13-5-4-11(17)9-12(13)18-15(19)6-7-16/h2-5,8-10H,6-7H2,1H3. The maximum absolute atomic E-state index is 13.3. The van der Waals surface area contributed by atoms with Crippen molar-refractivity contribution >= 4 is 22.6 Å². The van der Waals surface area contributed by atoms with Crippen LogP contribution in [-0.4, -0.2) is 15.4 Å². The van der Waals surface area contributed by atoms with Crippen molar-refractivity contribution in [3.05, 3.63) is 54.0 Å². The van der Waals surface area contributed by atoms with E-state index >= 15 is 0 Å². The highest BCUT2D eigenvalue weighted by Gasteiger charge is 2.18. The van der Waals surface area contributed by atoms with Gasteiger partial charge in [-0.1, -0.05) is 0 Å². The number of aromatic nitrogens is 2. The van der Waals surface area contributed by atoms with Gasteiger partial charge in [0.2, 0.25) is 0 Å². The number of halogens is 2. The molecule has 1 unspecified atom stereocenters. The molecule has 20 heavy (non-hydrogen) atoms. The van der Waals surface area contributed by atoms with Gasteiger partial charge in [-0.15, -0.1) is 11.6 Å². The van der Waals surface area contributed by atoms with Gasteiger partial charge >= 0.3 is 0 Å². The topological polar surface area (TPSA) is 31.0 Å². The van der Waals surface area contributed by atoms with Crippen LogP contribution >= 0.6 is 11.6 Å². The van der Waals surface area contributed by atoms with Crippen LogP contribution in [0.3, 0.4) is 0 Å². The quantitative estimate of drug-likeness (QED) is 0.676. The molecule has 0 fully saturated rings. The van der Waals surface area contributed by atoms with Crippen molar-refractivity contribution in [1.82, 2.24) is 9.55 Å². The van der Waals surface area contributed by atoms with Crippen molar-refractivity contribution in [1.29, 1.82) is 0 Å². The first-order valence-corrected chi connectivity index (χ1v) is 7.00. The number of hydrogen-bond acceptors (Lipinski definition) is 2. The van der Waals surface area contributed by atoms with Crippen LogP contribution in [0.5, 0.6) is 0 Å². The monoisotopic (exact) mass is 292 g/mol. The minimum Gasteiger partial charge on any atom is -0.467 e. The van der Waals surface area contributed by atoms with E-state index in [0.717, 1.165) is 17.1 Å². The van der Waals surface area contributed by atoms with Gasteiger partial charge in [0.25, 0.3) is 0 Å². The minimum absolute atomic E-state index is 0.0151. The summed E-state index contributed by atoms with van der Waals surface area (Å²) in [6.45, 7) is 2.03. The van der Waals surface area contributed by atoms with Crippen LogP contribution in [0.1, 0.15) is 24.6 Å². The van der Waals surface area contributed by atoms with E-state index in [0.29, 0.717) is 17.8 Å². The van der Waals surface area contributed by atoms with E-state index in [2.05, 4.69) is 9.55 Å². The van der Waals surface area contributed by atoms with Crippen molar-refractivity contribution in [2.45, 2.75) is 19.4 Å². The largest absolute Gasteiger partial charge is 0.467 e. The van der Waals surface area contributed by atoms with Gasteiger partial charge in [0, 0.05) is 18.4 Å². The van der Waals surface area contributed by atoms with Crippen LogP contribution in [0.2, 0.25) is 0 Å². The number of furan rings is 1. The van der Waals surface area contributed by atoms with Gasteiger partial charge < -0.3 is 8.98 Å². The smallest absolute Gasteiger partial charge is 0.126 e. The summed E-state index contributed by atoms with van der Waals surface area (Å²) < 4.78 is 20.9. The molecule has 0 aliphatic carbocycles. The summed E-state index contributed by atoms with van der Waals surface area (Å²) in [5, 5.41) is 0. The first-order chi connectivity index (χ1) is 9.70. The molecule has 104 valence electrons. The number of imidazole rings is 1. The molecule has 1 atom stereocenters. The van der Waals surface area contributed by atoms with E-state index < -0.39 is 0 Å². The van der Waals surface area contributed by atoms with E-state index in [1.165, 1.54) is 12.1 Å². The summed E-state index contributed by atoms with van der Waals surface area (Å²) in [6.07, 6.45) is 2.27. The van der Waals surface area contributed by atoms with Crippen molar-refractivity contribution in [2.24, 2.45) is 0 Å². The van der Waals surface area contributed by atoms with Crippen LogP contribution in [0.15, 0.2) is 41.0 Å². The second-order valence-corrected chi connectivity index (χ2v) is 5.04. The van der Waals surface area contributed by atoms with Gasteiger partial charge in [-0.3, -0.25) is 0 Å². The molecule has 3 nitrogen and oxygen atoms in total. The third-order valence-electron chi connectivity index (χ3n) is 3.38. The van der Waals surface area contributed by atoms with Crippen LogP contribution in [0.25, 0.3) is 11.0 Å². The molecule has 0 N–H and O–H groups in total. The zero-order valence-corrected chi connectivity index (χ0v) is 11.8. The van der Waals surface area contributed by atoms with Gasteiger partial charge in [-0.05, 0) is 31.2 Å². The molecule has 1 aromatic carbocycles. The number of rotatable bonds is 4. The number of nitrogens with zero attached hydrogens (tertiary/aromatic N) is 2. The highest BCUT2D eigenvalue weighted by Crippen LogP contribution is 2.27. The Morgan fingerprint density at radius 1 is 1.40 bits per heavy atom. The van der Waals surface area contributed by atoms with E-state index in [4.69, 9.17) is 16.0 Å². The Kier molecular flexibility index (Phi) is 3.49. The average molecular weight is 293 g/mol. The molecule has 5 heteroatoms. The molecule has 0 bridgehead atoms. The summed E-state index contributed by atoms with van der Waals surface area (Å²) in [5.74, 6) is 1.86. The Bertz CT molecular complexity index is 721. The van der Waals surface area contributed by atoms with Crippen LogP contribution in [0.4, 0.5) is 4.39 Å². The first kappa shape index (κ1) is 13.2. The third-order valence-corrected chi connectivity index (χ3v) is 3.57. The Morgan fingerprint density at radius 2 is 2.25 bits per heavy atom. The molecule has 2 heterocycles. The van der Waals surface area contributed by atoms with E-state index in [1.807, 2.05) is 19.1 Å². The Hall–Kier alpha value is -1.81. The minimum atomic E-state index is -0.287. The summed E-state index contributed by atoms with van der Waals surface area (Å²) in [7, 11) is 0. The molecule has 3 aromatic rings.